The highest BCUT2D eigenvalue weighted by atomic mass is 32.2. The average molecular weight is 254 g/mol. The lowest BCUT2D eigenvalue weighted by Gasteiger charge is -2.05. The summed E-state index contributed by atoms with van der Waals surface area (Å²) in [5, 5.41) is 2.77. The lowest BCUT2D eigenvalue weighted by atomic mass is 10.2. The molecule has 4 nitrogen and oxygen atoms in total. The maximum Gasteiger partial charge on any atom is 0.224 e. The van der Waals surface area contributed by atoms with E-state index in [1.54, 1.807) is 24.3 Å². The third-order valence-corrected chi connectivity index (χ3v) is 3.68. The van der Waals surface area contributed by atoms with Gasteiger partial charge in [-0.15, -0.1) is 0 Å². The minimum absolute atomic E-state index is 0.0529. The van der Waals surface area contributed by atoms with Gasteiger partial charge in [0, 0.05) is 40.1 Å². The Bertz CT molecular complexity index is 390. The molecule has 1 atom stereocenters. The van der Waals surface area contributed by atoms with Crippen molar-refractivity contribution in [2.45, 2.75) is 19.8 Å². The van der Waals surface area contributed by atoms with Crippen LogP contribution in [0.1, 0.15) is 19.8 Å². The van der Waals surface area contributed by atoms with E-state index in [9.17, 15) is 9.00 Å². The summed E-state index contributed by atoms with van der Waals surface area (Å²) in [6.07, 6.45) is 1.05. The molecule has 5 heteroatoms. The minimum Gasteiger partial charge on any atom is -0.399 e. The number of carbonyl (C=O) groups excluding carboxylic acids is 1. The van der Waals surface area contributed by atoms with Gasteiger partial charge >= 0.3 is 0 Å². The summed E-state index contributed by atoms with van der Waals surface area (Å²) >= 11 is 0. The van der Waals surface area contributed by atoms with E-state index in [2.05, 4.69) is 5.32 Å². The molecule has 1 amide bonds. The Labute approximate surface area is 104 Å². The van der Waals surface area contributed by atoms with Gasteiger partial charge in [-0.1, -0.05) is 6.92 Å². The fourth-order valence-corrected chi connectivity index (χ4v) is 2.08. The molecule has 1 unspecified atom stereocenters. The molecule has 0 spiro atoms. The van der Waals surface area contributed by atoms with Crippen LogP contribution >= 0.6 is 0 Å². The van der Waals surface area contributed by atoms with Gasteiger partial charge in [0.15, 0.2) is 0 Å². The molecule has 0 aliphatic heterocycles. The summed E-state index contributed by atoms with van der Waals surface area (Å²) in [5.74, 6) is 1.19. The molecular weight excluding hydrogens is 236 g/mol. The molecule has 0 heterocycles. The molecule has 0 bridgehead atoms. The molecule has 3 N–H and O–H groups in total. The van der Waals surface area contributed by atoms with Crippen LogP contribution in [0.5, 0.6) is 0 Å². The third kappa shape index (κ3) is 5.49. The first-order valence-corrected chi connectivity index (χ1v) is 7.11. The molecule has 0 aromatic heterocycles. The van der Waals surface area contributed by atoms with Gasteiger partial charge in [0.1, 0.15) is 0 Å². The Morgan fingerprint density at radius 3 is 2.59 bits per heavy atom. The maximum absolute atomic E-state index is 11.5. The zero-order valence-electron chi connectivity index (χ0n) is 9.94. The number of nitrogen functional groups attached to an aromatic ring is 1. The predicted octanol–water partition coefficient (Wildman–Crippen LogP) is 1.76. The largest absolute Gasteiger partial charge is 0.399 e. The van der Waals surface area contributed by atoms with Gasteiger partial charge in [-0.2, -0.15) is 0 Å². The van der Waals surface area contributed by atoms with E-state index < -0.39 is 10.8 Å². The van der Waals surface area contributed by atoms with Crippen molar-refractivity contribution in [2.24, 2.45) is 0 Å². The van der Waals surface area contributed by atoms with Crippen LogP contribution in [0.15, 0.2) is 24.3 Å². The summed E-state index contributed by atoms with van der Waals surface area (Å²) in [6, 6.07) is 7.00. The molecule has 0 radical (unpaired) electrons. The number of nitrogens with two attached hydrogens (primary N) is 1. The Morgan fingerprint density at radius 1 is 1.35 bits per heavy atom. The summed E-state index contributed by atoms with van der Waals surface area (Å²) in [6.45, 7) is 1.88. The van der Waals surface area contributed by atoms with E-state index in [1.165, 1.54) is 0 Å². The van der Waals surface area contributed by atoms with Crippen LogP contribution in [0.25, 0.3) is 0 Å². The molecule has 17 heavy (non-hydrogen) atoms. The van der Waals surface area contributed by atoms with Gasteiger partial charge in [0.25, 0.3) is 0 Å². The number of amides is 1. The van der Waals surface area contributed by atoms with Gasteiger partial charge < -0.3 is 11.1 Å². The average Bonchev–Trinajstić information content (AvgIpc) is 2.32. The second-order valence-electron chi connectivity index (χ2n) is 3.71. The Balaban J connectivity index is 2.30. The minimum atomic E-state index is -0.790. The zero-order valence-corrected chi connectivity index (χ0v) is 10.8. The Kier molecular flexibility index (Phi) is 5.69. The number of benzene rings is 1. The van der Waals surface area contributed by atoms with E-state index in [1.807, 2.05) is 6.92 Å². The van der Waals surface area contributed by atoms with Gasteiger partial charge in [-0.05, 0) is 30.7 Å². The molecule has 0 aliphatic carbocycles. The summed E-state index contributed by atoms with van der Waals surface area (Å²) in [4.78, 5) is 11.5. The number of hydrogen-bond donors (Lipinski definition) is 2. The van der Waals surface area contributed by atoms with Crippen molar-refractivity contribution in [1.82, 2.24) is 0 Å². The Morgan fingerprint density at radius 2 is 2.00 bits per heavy atom. The van der Waals surface area contributed by atoms with Crippen molar-refractivity contribution in [1.29, 1.82) is 0 Å². The van der Waals surface area contributed by atoms with E-state index >= 15 is 0 Å². The molecule has 94 valence electrons. The van der Waals surface area contributed by atoms with Crippen LogP contribution in [-0.2, 0) is 15.6 Å². The normalized spacial score (nSPS) is 12.1. The molecule has 0 saturated heterocycles. The number of hydrogen-bond acceptors (Lipinski definition) is 3. The van der Waals surface area contributed by atoms with Crippen LogP contribution in [0.4, 0.5) is 11.4 Å². The lowest BCUT2D eigenvalue weighted by Crippen LogP contribution is -2.12. The van der Waals surface area contributed by atoms with Crippen molar-refractivity contribution in [2.75, 3.05) is 22.6 Å². The van der Waals surface area contributed by atoms with E-state index in [0.29, 0.717) is 30.0 Å². The SMILES string of the molecule is CCS(=O)CCCC(=O)Nc1ccc(N)cc1. The molecule has 1 rings (SSSR count). The monoisotopic (exact) mass is 254 g/mol. The number of carbonyl (C=O) groups is 1. The Hall–Kier alpha value is -1.36. The topological polar surface area (TPSA) is 72.2 Å². The standard InChI is InChI=1S/C12H18N2O2S/c1-2-17(16)9-3-4-12(15)14-11-7-5-10(13)6-8-11/h5-8H,2-4,9,13H2,1H3,(H,14,15). The van der Waals surface area contributed by atoms with Gasteiger partial charge in [0.2, 0.25) is 5.91 Å². The first-order chi connectivity index (χ1) is 8.11. The van der Waals surface area contributed by atoms with Crippen LogP contribution in [-0.4, -0.2) is 21.6 Å². The van der Waals surface area contributed by atoms with Crippen molar-refractivity contribution < 1.29 is 9.00 Å². The zero-order chi connectivity index (χ0) is 12.7. The number of anilines is 2. The predicted molar refractivity (Wildman–Crippen MR) is 72.3 cm³/mol. The van der Waals surface area contributed by atoms with Gasteiger partial charge in [0.05, 0.1) is 0 Å². The molecule has 0 saturated carbocycles. The smallest absolute Gasteiger partial charge is 0.224 e. The van der Waals surface area contributed by atoms with Crippen molar-refractivity contribution >= 4 is 28.1 Å². The highest BCUT2D eigenvalue weighted by Gasteiger charge is 2.03. The van der Waals surface area contributed by atoms with Crippen LogP contribution in [0.3, 0.4) is 0 Å². The van der Waals surface area contributed by atoms with E-state index in [4.69, 9.17) is 5.73 Å². The van der Waals surface area contributed by atoms with Crippen LogP contribution in [0.2, 0.25) is 0 Å². The van der Waals surface area contributed by atoms with Gasteiger partial charge in [-0.3, -0.25) is 9.00 Å². The maximum atomic E-state index is 11.5. The van der Waals surface area contributed by atoms with Crippen LogP contribution < -0.4 is 11.1 Å². The molecule has 0 aliphatic rings. The highest BCUT2D eigenvalue weighted by Crippen LogP contribution is 2.10. The number of nitrogens with one attached hydrogen (secondary N) is 1. The quantitative estimate of drug-likeness (QED) is 0.760. The summed E-state index contributed by atoms with van der Waals surface area (Å²) in [5.41, 5.74) is 6.94. The molecule has 1 aromatic carbocycles. The number of rotatable bonds is 6. The van der Waals surface area contributed by atoms with Crippen LogP contribution in [0, 0.1) is 0 Å². The highest BCUT2D eigenvalue weighted by molar-refractivity contribution is 7.84. The van der Waals surface area contributed by atoms with E-state index in [0.717, 1.165) is 5.69 Å². The summed E-state index contributed by atoms with van der Waals surface area (Å²) in [7, 11) is -0.790. The van der Waals surface area contributed by atoms with Gasteiger partial charge in [-0.25, -0.2) is 0 Å². The molecular formula is C12H18N2O2S. The van der Waals surface area contributed by atoms with Crippen molar-refractivity contribution in [3.8, 4) is 0 Å². The van der Waals surface area contributed by atoms with Crippen molar-refractivity contribution in [3.63, 3.8) is 0 Å². The van der Waals surface area contributed by atoms with Crippen molar-refractivity contribution in [3.05, 3.63) is 24.3 Å². The molecule has 1 aromatic rings. The second kappa shape index (κ2) is 7.06. The molecule has 0 fully saturated rings. The first kappa shape index (κ1) is 13.7. The third-order valence-electron chi connectivity index (χ3n) is 2.29. The lowest BCUT2D eigenvalue weighted by molar-refractivity contribution is -0.116. The van der Waals surface area contributed by atoms with E-state index in [-0.39, 0.29) is 5.91 Å². The second-order valence-corrected chi connectivity index (χ2v) is 5.57. The fourth-order valence-electron chi connectivity index (χ4n) is 1.33. The fraction of sp³-hybridized carbons (Fsp3) is 0.417. The first-order valence-electron chi connectivity index (χ1n) is 5.62. The summed E-state index contributed by atoms with van der Waals surface area (Å²) < 4.78 is 11.2.